The zero-order valence-electron chi connectivity index (χ0n) is 10.6. The zero-order chi connectivity index (χ0) is 13.8. The Morgan fingerprint density at radius 2 is 2.16 bits per heavy atom. The molecule has 10 heteroatoms. The van der Waals surface area contributed by atoms with Crippen LogP contribution in [0.1, 0.15) is 5.69 Å². The molecule has 2 rings (SSSR count). The first-order valence-corrected chi connectivity index (χ1v) is 5.93. The summed E-state index contributed by atoms with van der Waals surface area (Å²) in [5.74, 6) is 0. The number of aromatic nitrogens is 2. The second kappa shape index (κ2) is 5.69. The lowest BCUT2D eigenvalue weighted by Gasteiger charge is -2.30. The van der Waals surface area contributed by atoms with Gasteiger partial charge < -0.3 is 4.84 Å². The molecular formula is C9H16N5O5+. The van der Waals surface area contributed by atoms with Crippen molar-refractivity contribution in [2.45, 2.75) is 6.92 Å². The van der Waals surface area contributed by atoms with E-state index < -0.39 is 5.09 Å². The van der Waals surface area contributed by atoms with Gasteiger partial charge in [0, 0.05) is 36.6 Å². The van der Waals surface area contributed by atoms with Crippen LogP contribution in [0, 0.1) is 17.0 Å². The van der Waals surface area contributed by atoms with Gasteiger partial charge >= 0.3 is 11.3 Å². The number of H-pyrrole nitrogens is 1. The molecule has 1 saturated heterocycles. The molecule has 0 bridgehead atoms. The van der Waals surface area contributed by atoms with Crippen molar-refractivity contribution in [3.8, 4) is 0 Å². The van der Waals surface area contributed by atoms with Crippen molar-refractivity contribution < 1.29 is 19.2 Å². The number of piperazine rings is 1. The van der Waals surface area contributed by atoms with Gasteiger partial charge in [-0.05, 0) is 0 Å². The summed E-state index contributed by atoms with van der Waals surface area (Å²) in [6.07, 6.45) is 0. The smallest absolute Gasteiger partial charge is 0.313 e. The topological polar surface area (TPSA) is 109 Å². The van der Waals surface area contributed by atoms with Gasteiger partial charge in [0.2, 0.25) is 0 Å². The van der Waals surface area contributed by atoms with Crippen molar-refractivity contribution in [3.63, 3.8) is 0 Å². The molecule has 1 fully saturated rings. The normalized spacial score (nSPS) is 16.6. The molecule has 1 N–H and O–H groups in total. The first-order valence-electron chi connectivity index (χ1n) is 5.93. The van der Waals surface area contributed by atoms with E-state index in [1.807, 2.05) is 5.01 Å². The SMILES string of the molecule is Cc1c(=O)o[nH][n+]1N1CCN(CCO[N+](=O)[O-])CC1. The van der Waals surface area contributed by atoms with Crippen LogP contribution in [0.4, 0.5) is 0 Å². The minimum absolute atomic E-state index is 0.0711. The Morgan fingerprint density at radius 3 is 2.68 bits per heavy atom. The van der Waals surface area contributed by atoms with E-state index in [1.165, 1.54) is 0 Å². The highest BCUT2D eigenvalue weighted by Crippen LogP contribution is 1.97. The van der Waals surface area contributed by atoms with Crippen LogP contribution in [0.2, 0.25) is 0 Å². The fourth-order valence-corrected chi connectivity index (χ4v) is 1.99. The van der Waals surface area contributed by atoms with Crippen LogP contribution in [-0.2, 0) is 4.84 Å². The maximum atomic E-state index is 11.2. The maximum Gasteiger partial charge on any atom is 0.433 e. The van der Waals surface area contributed by atoms with E-state index in [2.05, 4.69) is 15.0 Å². The third-order valence-electron chi connectivity index (χ3n) is 3.07. The van der Waals surface area contributed by atoms with Crippen LogP contribution in [0.3, 0.4) is 0 Å². The summed E-state index contributed by atoms with van der Waals surface area (Å²) in [6, 6.07) is 0. The molecule has 0 aliphatic carbocycles. The zero-order valence-corrected chi connectivity index (χ0v) is 10.6. The van der Waals surface area contributed by atoms with Crippen molar-refractivity contribution in [2.24, 2.45) is 0 Å². The Labute approximate surface area is 108 Å². The van der Waals surface area contributed by atoms with Crippen molar-refractivity contribution in [3.05, 3.63) is 26.2 Å². The molecule has 0 spiro atoms. The summed E-state index contributed by atoms with van der Waals surface area (Å²) in [6.45, 7) is 5.13. The summed E-state index contributed by atoms with van der Waals surface area (Å²) in [7, 11) is 0. The van der Waals surface area contributed by atoms with Crippen LogP contribution in [-0.4, -0.2) is 54.6 Å². The standard InChI is InChI=1S/C9H15N5O5/c1-8-9(15)19-10-13(8)12-4-2-11(3-5-12)6-7-18-14(16)17/h2-7H2,1H3/p+1. The maximum absolute atomic E-state index is 11.2. The van der Waals surface area contributed by atoms with Crippen LogP contribution in [0.5, 0.6) is 0 Å². The molecule has 1 aliphatic rings. The van der Waals surface area contributed by atoms with Gasteiger partial charge in [0.25, 0.3) is 5.09 Å². The molecule has 0 saturated carbocycles. The Morgan fingerprint density at radius 1 is 1.47 bits per heavy atom. The lowest BCUT2D eigenvalue weighted by atomic mass is 10.3. The van der Waals surface area contributed by atoms with E-state index >= 15 is 0 Å². The monoisotopic (exact) mass is 274 g/mol. The summed E-state index contributed by atoms with van der Waals surface area (Å²) >= 11 is 0. The lowest BCUT2D eigenvalue weighted by molar-refractivity contribution is -0.764. The number of nitrogens with one attached hydrogen (secondary N) is 1. The highest BCUT2D eigenvalue weighted by molar-refractivity contribution is 4.84. The number of nitrogens with zero attached hydrogens (tertiary/aromatic N) is 4. The second-order valence-electron chi connectivity index (χ2n) is 4.23. The van der Waals surface area contributed by atoms with Gasteiger partial charge in [0.05, 0.1) is 13.1 Å². The molecule has 1 aromatic heterocycles. The van der Waals surface area contributed by atoms with Crippen molar-refractivity contribution in [2.75, 3.05) is 44.3 Å². The first-order chi connectivity index (χ1) is 9.08. The third-order valence-corrected chi connectivity index (χ3v) is 3.07. The van der Waals surface area contributed by atoms with Gasteiger partial charge in [-0.15, -0.1) is 10.1 Å². The summed E-state index contributed by atoms with van der Waals surface area (Å²) in [4.78, 5) is 29.2. The van der Waals surface area contributed by atoms with Crippen LogP contribution in [0.15, 0.2) is 9.32 Å². The van der Waals surface area contributed by atoms with E-state index in [-0.39, 0.29) is 12.2 Å². The average Bonchev–Trinajstić information content (AvgIpc) is 2.71. The number of hydrogen-bond acceptors (Lipinski definition) is 7. The Balaban J connectivity index is 1.81. The van der Waals surface area contributed by atoms with Crippen LogP contribution in [0.25, 0.3) is 0 Å². The van der Waals surface area contributed by atoms with E-state index in [9.17, 15) is 14.9 Å². The number of aromatic amines is 1. The van der Waals surface area contributed by atoms with Gasteiger partial charge in [-0.1, -0.05) is 0 Å². The van der Waals surface area contributed by atoms with E-state index in [0.717, 1.165) is 13.1 Å². The second-order valence-corrected chi connectivity index (χ2v) is 4.23. The molecular weight excluding hydrogens is 258 g/mol. The van der Waals surface area contributed by atoms with E-state index in [1.54, 1.807) is 11.7 Å². The van der Waals surface area contributed by atoms with Crippen molar-refractivity contribution >= 4 is 0 Å². The molecule has 2 heterocycles. The molecule has 0 amide bonds. The molecule has 106 valence electrons. The third kappa shape index (κ3) is 3.22. The minimum Gasteiger partial charge on any atom is -0.313 e. The van der Waals surface area contributed by atoms with Crippen molar-refractivity contribution in [1.82, 2.24) is 10.2 Å². The fourth-order valence-electron chi connectivity index (χ4n) is 1.99. The van der Waals surface area contributed by atoms with Gasteiger partial charge in [-0.2, -0.15) is 5.01 Å². The van der Waals surface area contributed by atoms with Gasteiger partial charge in [0.1, 0.15) is 6.61 Å². The largest absolute Gasteiger partial charge is 0.433 e. The number of hydrogen-bond donors (Lipinski definition) is 1. The van der Waals surface area contributed by atoms with E-state index in [4.69, 9.17) is 4.52 Å². The highest BCUT2D eigenvalue weighted by Gasteiger charge is 2.27. The molecule has 0 unspecified atom stereocenters. The molecule has 0 aromatic carbocycles. The Hall–Kier alpha value is -2.10. The quantitative estimate of drug-likeness (QED) is 0.376. The molecule has 0 atom stereocenters. The number of rotatable bonds is 5. The summed E-state index contributed by atoms with van der Waals surface area (Å²) < 4.78 is 4.70. The minimum atomic E-state index is -0.786. The van der Waals surface area contributed by atoms with E-state index in [0.29, 0.717) is 25.3 Å². The molecule has 1 aliphatic heterocycles. The molecule has 10 nitrogen and oxygen atoms in total. The fraction of sp³-hybridized carbons (Fsp3) is 0.778. The van der Waals surface area contributed by atoms with Gasteiger partial charge in [0.15, 0.2) is 0 Å². The Bertz CT molecular complexity index is 489. The molecule has 0 radical (unpaired) electrons. The van der Waals surface area contributed by atoms with Crippen LogP contribution >= 0.6 is 0 Å². The predicted molar refractivity (Wildman–Crippen MR) is 61.6 cm³/mol. The lowest BCUT2D eigenvalue weighted by Crippen LogP contribution is -2.67. The molecule has 1 aromatic rings. The van der Waals surface area contributed by atoms with Crippen LogP contribution < -0.4 is 15.4 Å². The first kappa shape index (κ1) is 13.3. The van der Waals surface area contributed by atoms with Crippen molar-refractivity contribution in [1.29, 1.82) is 0 Å². The summed E-state index contributed by atoms with van der Waals surface area (Å²) in [5, 5.41) is 13.7. The predicted octanol–water partition coefficient (Wildman–Crippen LogP) is -1.97. The van der Waals surface area contributed by atoms with Gasteiger partial charge in [-0.25, -0.2) is 4.79 Å². The average molecular weight is 274 g/mol. The Kier molecular flexibility index (Phi) is 4.00. The summed E-state index contributed by atoms with van der Waals surface area (Å²) in [5.41, 5.74) is 0.104. The van der Waals surface area contributed by atoms with Gasteiger partial charge in [-0.3, -0.25) is 9.42 Å². The molecule has 19 heavy (non-hydrogen) atoms. The highest BCUT2D eigenvalue weighted by atomic mass is 16.9.